The van der Waals surface area contributed by atoms with Crippen LogP contribution in [0.2, 0.25) is 0 Å². The first-order valence-corrected chi connectivity index (χ1v) is 11.9. The Morgan fingerprint density at radius 3 is 2.68 bits per heavy atom. The van der Waals surface area contributed by atoms with Gasteiger partial charge in [-0.25, -0.2) is 0 Å². The molecule has 0 aromatic carbocycles. The molecule has 0 heterocycles. The van der Waals surface area contributed by atoms with Crippen LogP contribution in [0.15, 0.2) is 11.6 Å². The highest BCUT2D eigenvalue weighted by atomic mass is 32.2. The van der Waals surface area contributed by atoms with E-state index in [2.05, 4.69) is 0 Å². The van der Waals surface area contributed by atoms with Gasteiger partial charge in [0.2, 0.25) is 5.25 Å². The molecule has 5 rings (SSSR count). The van der Waals surface area contributed by atoms with Crippen molar-refractivity contribution in [3.63, 3.8) is 0 Å². The lowest BCUT2D eigenvalue weighted by Gasteiger charge is -2.58. The number of hydrogen-bond acceptors (Lipinski definition) is 5. The molecule has 0 unspecified atom stereocenters. The van der Waals surface area contributed by atoms with E-state index in [4.69, 9.17) is 0 Å². The Morgan fingerprint density at radius 2 is 2.00 bits per heavy atom. The number of ketones is 1. The number of aliphatic hydroxyl groups is 1. The van der Waals surface area contributed by atoms with Crippen molar-refractivity contribution in [2.24, 2.45) is 34.5 Å². The van der Waals surface area contributed by atoms with Gasteiger partial charge in [-0.3, -0.25) is 9.35 Å². The summed E-state index contributed by atoms with van der Waals surface area (Å²) >= 11 is 0. The van der Waals surface area contributed by atoms with Crippen molar-refractivity contribution in [3.05, 3.63) is 11.6 Å². The predicted octanol–water partition coefficient (Wildman–Crippen LogP) is 2.64. The van der Waals surface area contributed by atoms with Gasteiger partial charge in [0, 0.05) is 11.8 Å². The van der Waals surface area contributed by atoms with Crippen LogP contribution in [0.25, 0.3) is 0 Å². The van der Waals surface area contributed by atoms with E-state index in [0.717, 1.165) is 32.1 Å². The molecule has 4 saturated carbocycles. The van der Waals surface area contributed by atoms with Crippen LogP contribution in [-0.2, 0) is 14.9 Å². The van der Waals surface area contributed by atoms with Gasteiger partial charge in [0.05, 0.1) is 6.07 Å². The van der Waals surface area contributed by atoms with Crippen molar-refractivity contribution >= 4 is 15.9 Å². The van der Waals surface area contributed by atoms with E-state index in [9.17, 15) is 28.1 Å². The van der Waals surface area contributed by atoms with Gasteiger partial charge in [-0.2, -0.15) is 13.7 Å². The summed E-state index contributed by atoms with van der Waals surface area (Å²) in [6.45, 7) is 1.96. The fourth-order valence-electron chi connectivity index (χ4n) is 8.34. The second-order valence-electron chi connectivity index (χ2n) is 10.1. The highest BCUT2D eigenvalue weighted by Crippen LogP contribution is 2.84. The molecule has 5 aliphatic rings. The molecule has 4 fully saturated rings. The lowest BCUT2D eigenvalue weighted by Crippen LogP contribution is -2.61. The largest absolute Gasteiger partial charge is 0.387 e. The first-order valence-electron chi connectivity index (χ1n) is 10.4. The molecule has 7 heteroatoms. The third-order valence-electron chi connectivity index (χ3n) is 9.48. The summed E-state index contributed by atoms with van der Waals surface area (Å²) in [7, 11) is -4.66. The maximum Gasteiger partial charge on any atom is 0.284 e. The number of fused-ring (bicyclic) bond motifs is 3. The van der Waals surface area contributed by atoms with Gasteiger partial charge in [-0.05, 0) is 80.1 Å². The predicted molar refractivity (Wildman–Crippen MR) is 100 cm³/mol. The van der Waals surface area contributed by atoms with E-state index in [1.54, 1.807) is 6.07 Å². The molecule has 5 aliphatic carbocycles. The van der Waals surface area contributed by atoms with Crippen LogP contribution >= 0.6 is 0 Å². The summed E-state index contributed by atoms with van der Waals surface area (Å²) in [6.07, 6.45) is 8.01. The average molecular weight is 406 g/mol. The van der Waals surface area contributed by atoms with Gasteiger partial charge in [0.15, 0.2) is 5.78 Å². The molecule has 6 nitrogen and oxygen atoms in total. The normalized spacial score (nSPS) is 50.4. The molecule has 28 heavy (non-hydrogen) atoms. The van der Waals surface area contributed by atoms with E-state index < -0.39 is 26.4 Å². The van der Waals surface area contributed by atoms with Crippen LogP contribution in [0.5, 0.6) is 0 Å². The zero-order chi connectivity index (χ0) is 20.1. The molecule has 152 valence electrons. The minimum Gasteiger partial charge on any atom is -0.387 e. The number of nitrogens with zero attached hydrogens (tertiary/aromatic N) is 1. The summed E-state index contributed by atoms with van der Waals surface area (Å²) < 4.78 is 33.5. The van der Waals surface area contributed by atoms with Gasteiger partial charge in [-0.15, -0.1) is 0 Å². The lowest BCUT2D eigenvalue weighted by molar-refractivity contribution is -0.141. The Balaban J connectivity index is 1.55. The number of nitriles is 1. The van der Waals surface area contributed by atoms with Gasteiger partial charge >= 0.3 is 0 Å². The molecule has 1 spiro atoms. The second-order valence-corrected chi connectivity index (χ2v) is 11.6. The second kappa shape index (κ2) is 5.47. The first kappa shape index (κ1) is 18.8. The van der Waals surface area contributed by atoms with Crippen LogP contribution < -0.4 is 0 Å². The van der Waals surface area contributed by atoms with Gasteiger partial charge in [0.1, 0.15) is 5.60 Å². The zero-order valence-corrected chi connectivity index (χ0v) is 16.9. The van der Waals surface area contributed by atoms with Crippen molar-refractivity contribution in [1.29, 1.82) is 5.26 Å². The maximum atomic E-state index is 11.9. The number of allylic oxidation sites excluding steroid dienone is 1. The van der Waals surface area contributed by atoms with Crippen molar-refractivity contribution in [2.45, 2.75) is 69.1 Å². The lowest BCUT2D eigenvalue weighted by atomic mass is 9.47. The highest BCUT2D eigenvalue weighted by Gasteiger charge is 2.83. The summed E-state index contributed by atoms with van der Waals surface area (Å²) in [6, 6.07) is 1.71. The Labute approximate surface area is 165 Å². The SMILES string of the molecule is C[C@]12CC[C@H]3[C@@H](CCC4=CC(=O)CC[C@@H]43)[C@]13C[C@@H]3C[C@@]2(O)[C@@H](C#N)S(=O)(=O)O. The van der Waals surface area contributed by atoms with E-state index in [-0.39, 0.29) is 23.5 Å². The number of rotatable bonds is 2. The molecule has 0 aromatic heterocycles. The number of carbonyl (C=O) groups is 1. The Morgan fingerprint density at radius 1 is 1.25 bits per heavy atom. The maximum absolute atomic E-state index is 11.9. The summed E-state index contributed by atoms with van der Waals surface area (Å²) in [4.78, 5) is 11.8. The zero-order valence-electron chi connectivity index (χ0n) is 16.1. The fourth-order valence-corrected chi connectivity index (χ4v) is 9.32. The molecule has 0 amide bonds. The van der Waals surface area contributed by atoms with Crippen molar-refractivity contribution < 1.29 is 22.9 Å². The average Bonchev–Trinajstić information content (AvgIpc) is 3.26. The molecular weight excluding hydrogens is 378 g/mol. The summed E-state index contributed by atoms with van der Waals surface area (Å²) in [5, 5.41) is 19.3. The molecule has 0 saturated heterocycles. The number of carbonyl (C=O) groups excluding carboxylic acids is 1. The molecule has 0 aliphatic heterocycles. The quantitative estimate of drug-likeness (QED) is 0.683. The van der Waals surface area contributed by atoms with Gasteiger partial charge in [-0.1, -0.05) is 12.5 Å². The minimum atomic E-state index is -4.66. The van der Waals surface area contributed by atoms with Crippen LogP contribution in [0.1, 0.15) is 58.3 Å². The van der Waals surface area contributed by atoms with E-state index >= 15 is 0 Å². The van der Waals surface area contributed by atoms with Crippen molar-refractivity contribution in [1.82, 2.24) is 0 Å². The van der Waals surface area contributed by atoms with E-state index in [1.165, 1.54) is 5.57 Å². The standard InChI is InChI=1S/C21H27NO5S/c1-19-7-6-16-15-4-3-14(23)8-12(15)2-5-17(16)20(19)9-13(20)10-21(19,24)18(11-22)28(25,26)27/h8,13,15-18,24H,2-7,9-10H2,1H3,(H,25,26,27)/t13-,15+,16-,17-,18-,19+,20-,21-/m1/s1. The number of hydrogen-bond donors (Lipinski definition) is 2. The highest BCUT2D eigenvalue weighted by molar-refractivity contribution is 7.86. The fraction of sp³-hybridized carbons (Fsp3) is 0.810. The topological polar surface area (TPSA) is 115 Å². The van der Waals surface area contributed by atoms with E-state index in [0.29, 0.717) is 30.6 Å². The summed E-state index contributed by atoms with van der Waals surface area (Å²) in [5.41, 5.74) is -1.25. The molecule has 2 N–H and O–H groups in total. The third-order valence-corrected chi connectivity index (χ3v) is 10.6. The minimum absolute atomic E-state index is 0.141. The third kappa shape index (κ3) is 2.04. The molecule has 0 aromatic rings. The van der Waals surface area contributed by atoms with Crippen molar-refractivity contribution in [3.8, 4) is 6.07 Å². The molecular formula is C21H27NO5S. The Kier molecular flexibility index (Phi) is 3.67. The molecule has 8 atom stereocenters. The molecule has 0 radical (unpaired) electrons. The van der Waals surface area contributed by atoms with Crippen molar-refractivity contribution in [2.75, 3.05) is 0 Å². The smallest absolute Gasteiger partial charge is 0.284 e. The summed E-state index contributed by atoms with van der Waals surface area (Å²) in [5.74, 6) is 1.73. The Bertz CT molecular complexity index is 935. The van der Waals surface area contributed by atoms with Crippen LogP contribution in [0.4, 0.5) is 0 Å². The molecule has 0 bridgehead atoms. The Hall–Kier alpha value is -1.23. The van der Waals surface area contributed by atoms with Crippen LogP contribution in [0, 0.1) is 45.8 Å². The van der Waals surface area contributed by atoms with Crippen LogP contribution in [-0.4, -0.2) is 34.7 Å². The first-order chi connectivity index (χ1) is 13.1. The van der Waals surface area contributed by atoms with Gasteiger partial charge < -0.3 is 5.11 Å². The van der Waals surface area contributed by atoms with E-state index in [1.807, 2.05) is 13.0 Å². The van der Waals surface area contributed by atoms with Crippen LogP contribution in [0.3, 0.4) is 0 Å². The van der Waals surface area contributed by atoms with Gasteiger partial charge in [0.25, 0.3) is 10.1 Å². The monoisotopic (exact) mass is 405 g/mol.